The number of aromatic nitrogens is 1. The molecule has 1 rings (SSSR count). The number of nitrogens with one attached hydrogen (secondary N) is 1. The monoisotopic (exact) mass is 465 g/mol. The SMILES string of the molecule is CCN(Cc1cc(Br)c(=O)n(C)c1)C(=O)NC(CCC(F)(F)F)C(F)(F)F. The molecule has 0 aliphatic rings. The van der Waals surface area contributed by atoms with Crippen molar-refractivity contribution in [2.75, 3.05) is 6.54 Å². The predicted molar refractivity (Wildman–Crippen MR) is 89.1 cm³/mol. The second-order valence-corrected chi connectivity index (χ2v) is 6.68. The first-order chi connectivity index (χ1) is 12.2. The molecule has 5 nitrogen and oxygen atoms in total. The summed E-state index contributed by atoms with van der Waals surface area (Å²) in [5, 5.41) is 1.62. The normalized spacial score (nSPS) is 13.4. The van der Waals surface area contributed by atoms with E-state index in [9.17, 15) is 35.9 Å². The van der Waals surface area contributed by atoms with Crippen molar-refractivity contribution in [3.63, 3.8) is 0 Å². The van der Waals surface area contributed by atoms with Gasteiger partial charge in [0.05, 0.1) is 4.47 Å². The van der Waals surface area contributed by atoms with Gasteiger partial charge in [0, 0.05) is 32.8 Å². The minimum atomic E-state index is -5.01. The van der Waals surface area contributed by atoms with Crippen molar-refractivity contribution < 1.29 is 31.1 Å². The molecule has 0 aliphatic heterocycles. The Morgan fingerprint density at radius 3 is 2.33 bits per heavy atom. The Hall–Kier alpha value is -1.72. The zero-order chi connectivity index (χ0) is 21.0. The average molecular weight is 466 g/mol. The summed E-state index contributed by atoms with van der Waals surface area (Å²) in [7, 11) is 1.46. The summed E-state index contributed by atoms with van der Waals surface area (Å²) in [4.78, 5) is 24.8. The standard InChI is InChI=1S/C15H18BrF6N3O2/c1-3-25(8-9-6-10(16)12(26)24(2)7-9)13(27)23-11(15(20,21)22)4-5-14(17,18)19/h6-7,11H,3-5,8H2,1-2H3,(H,23,27). The number of carbonyl (C=O) groups is 1. The van der Waals surface area contributed by atoms with Crippen molar-refractivity contribution in [3.05, 3.63) is 32.7 Å². The number of urea groups is 1. The third-order valence-electron chi connectivity index (χ3n) is 3.65. The van der Waals surface area contributed by atoms with Crippen LogP contribution in [-0.2, 0) is 13.6 Å². The quantitative estimate of drug-likeness (QED) is 0.646. The number of pyridine rings is 1. The molecule has 0 fully saturated rings. The highest BCUT2D eigenvalue weighted by Crippen LogP contribution is 2.29. The fourth-order valence-electron chi connectivity index (χ4n) is 2.24. The van der Waals surface area contributed by atoms with Gasteiger partial charge in [0.1, 0.15) is 6.04 Å². The lowest BCUT2D eigenvalue weighted by molar-refractivity contribution is -0.171. The Morgan fingerprint density at radius 2 is 1.89 bits per heavy atom. The van der Waals surface area contributed by atoms with Gasteiger partial charge in [-0.05, 0) is 40.9 Å². The second-order valence-electron chi connectivity index (χ2n) is 5.82. The van der Waals surface area contributed by atoms with Gasteiger partial charge in [0.25, 0.3) is 5.56 Å². The smallest absolute Gasteiger partial charge is 0.326 e. The molecular weight excluding hydrogens is 448 g/mol. The number of carbonyl (C=O) groups excluding carboxylic acids is 1. The Balaban J connectivity index is 2.90. The maximum absolute atomic E-state index is 13.0. The summed E-state index contributed by atoms with van der Waals surface area (Å²) in [6.45, 7) is 1.39. The van der Waals surface area contributed by atoms with E-state index in [-0.39, 0.29) is 23.1 Å². The number of aryl methyl sites for hydroxylation is 1. The Labute approximate surface area is 159 Å². The van der Waals surface area contributed by atoms with E-state index in [4.69, 9.17) is 0 Å². The summed E-state index contributed by atoms with van der Waals surface area (Å²) in [5.74, 6) is 0. The molecule has 0 aromatic carbocycles. The molecule has 0 aliphatic carbocycles. The van der Waals surface area contributed by atoms with Crippen LogP contribution in [0.1, 0.15) is 25.3 Å². The van der Waals surface area contributed by atoms with Crippen molar-refractivity contribution >= 4 is 22.0 Å². The maximum atomic E-state index is 13.0. The molecule has 0 bridgehead atoms. The molecule has 12 heteroatoms. The molecule has 1 N–H and O–H groups in total. The number of hydrogen-bond donors (Lipinski definition) is 1. The van der Waals surface area contributed by atoms with E-state index in [1.807, 2.05) is 0 Å². The van der Waals surface area contributed by atoms with E-state index in [0.29, 0.717) is 5.56 Å². The summed E-state index contributed by atoms with van der Waals surface area (Å²) in [5.41, 5.74) is 0.121. The molecule has 0 saturated heterocycles. The topological polar surface area (TPSA) is 54.3 Å². The molecule has 1 atom stereocenters. The maximum Gasteiger partial charge on any atom is 0.408 e. The van der Waals surface area contributed by atoms with Crippen molar-refractivity contribution in [2.45, 2.75) is 44.7 Å². The van der Waals surface area contributed by atoms with Crippen LogP contribution in [0.4, 0.5) is 31.1 Å². The van der Waals surface area contributed by atoms with Crippen molar-refractivity contribution in [1.82, 2.24) is 14.8 Å². The average Bonchev–Trinajstić information content (AvgIpc) is 2.51. The lowest BCUT2D eigenvalue weighted by atomic mass is 10.1. The largest absolute Gasteiger partial charge is 0.408 e. The Bertz CT molecular complexity index is 691. The lowest BCUT2D eigenvalue weighted by Gasteiger charge is -2.27. The number of alkyl halides is 6. The molecule has 0 radical (unpaired) electrons. The van der Waals surface area contributed by atoms with Crippen LogP contribution in [0.15, 0.2) is 21.5 Å². The second kappa shape index (κ2) is 8.98. The Kier molecular flexibility index (Phi) is 7.76. The molecule has 27 heavy (non-hydrogen) atoms. The number of halogens is 7. The van der Waals surface area contributed by atoms with E-state index < -0.39 is 37.3 Å². The molecule has 1 unspecified atom stereocenters. The number of hydrogen-bond acceptors (Lipinski definition) is 2. The molecule has 2 amide bonds. The highest BCUT2D eigenvalue weighted by molar-refractivity contribution is 9.10. The zero-order valence-electron chi connectivity index (χ0n) is 14.4. The third kappa shape index (κ3) is 7.43. The van der Waals surface area contributed by atoms with Crippen LogP contribution < -0.4 is 10.9 Å². The van der Waals surface area contributed by atoms with E-state index in [1.165, 1.54) is 30.8 Å². The van der Waals surface area contributed by atoms with Crippen LogP contribution in [0.5, 0.6) is 0 Å². The highest BCUT2D eigenvalue weighted by atomic mass is 79.9. The van der Waals surface area contributed by atoms with Crippen molar-refractivity contribution in [2.24, 2.45) is 7.05 Å². The lowest BCUT2D eigenvalue weighted by Crippen LogP contribution is -2.50. The minimum absolute atomic E-state index is 0.0101. The van der Waals surface area contributed by atoms with Gasteiger partial charge in [0.2, 0.25) is 0 Å². The summed E-state index contributed by atoms with van der Waals surface area (Å²) < 4.78 is 77.0. The highest BCUT2D eigenvalue weighted by Gasteiger charge is 2.43. The van der Waals surface area contributed by atoms with Crippen molar-refractivity contribution in [1.29, 1.82) is 0 Å². The van der Waals surface area contributed by atoms with Gasteiger partial charge in [-0.3, -0.25) is 4.79 Å². The molecule has 1 aromatic rings. The minimum Gasteiger partial charge on any atom is -0.326 e. The molecule has 1 heterocycles. The number of amides is 2. The van der Waals surface area contributed by atoms with Gasteiger partial charge >= 0.3 is 18.4 Å². The van der Waals surface area contributed by atoms with Gasteiger partial charge in [-0.1, -0.05) is 0 Å². The Morgan fingerprint density at radius 1 is 1.30 bits per heavy atom. The molecule has 154 valence electrons. The first-order valence-electron chi connectivity index (χ1n) is 7.78. The van der Waals surface area contributed by atoms with Crippen LogP contribution in [0.3, 0.4) is 0 Å². The van der Waals surface area contributed by atoms with E-state index in [2.05, 4.69) is 15.9 Å². The van der Waals surface area contributed by atoms with Gasteiger partial charge in [0.15, 0.2) is 0 Å². The van der Waals surface area contributed by atoms with Crippen LogP contribution in [0.25, 0.3) is 0 Å². The first-order valence-corrected chi connectivity index (χ1v) is 8.58. The summed E-state index contributed by atoms with van der Waals surface area (Å²) in [6, 6.07) is -2.34. The van der Waals surface area contributed by atoms with Crippen LogP contribution in [-0.4, -0.2) is 40.4 Å². The van der Waals surface area contributed by atoms with Crippen LogP contribution in [0, 0.1) is 0 Å². The molecular formula is C15H18BrF6N3O2. The molecule has 1 aromatic heterocycles. The van der Waals surface area contributed by atoms with E-state index >= 15 is 0 Å². The van der Waals surface area contributed by atoms with Gasteiger partial charge in [-0.25, -0.2) is 4.79 Å². The van der Waals surface area contributed by atoms with Crippen molar-refractivity contribution in [3.8, 4) is 0 Å². The molecule has 0 spiro atoms. The summed E-state index contributed by atoms with van der Waals surface area (Å²) >= 11 is 3.04. The van der Waals surface area contributed by atoms with E-state index in [1.54, 1.807) is 5.32 Å². The summed E-state index contributed by atoms with van der Waals surface area (Å²) in [6.07, 6.45) is -11.3. The number of nitrogens with zero attached hydrogens (tertiary/aromatic N) is 2. The van der Waals surface area contributed by atoms with E-state index in [0.717, 1.165) is 4.90 Å². The number of rotatable bonds is 6. The van der Waals surface area contributed by atoms with Gasteiger partial charge in [-0.2, -0.15) is 26.3 Å². The molecule has 0 saturated carbocycles. The third-order valence-corrected chi connectivity index (χ3v) is 4.22. The van der Waals surface area contributed by atoms with Gasteiger partial charge < -0.3 is 14.8 Å². The van der Waals surface area contributed by atoms with Crippen LogP contribution in [0.2, 0.25) is 0 Å². The first kappa shape index (κ1) is 23.3. The van der Waals surface area contributed by atoms with Gasteiger partial charge in [-0.15, -0.1) is 0 Å². The van der Waals surface area contributed by atoms with Crippen LogP contribution >= 0.6 is 15.9 Å². The predicted octanol–water partition coefficient (Wildman–Crippen LogP) is 3.95. The fourth-order valence-corrected chi connectivity index (χ4v) is 2.81. The zero-order valence-corrected chi connectivity index (χ0v) is 16.0. The fraction of sp³-hybridized carbons (Fsp3) is 0.600.